The monoisotopic (exact) mass is 325 g/mol. The van der Waals surface area contributed by atoms with Crippen molar-refractivity contribution in [2.24, 2.45) is 5.73 Å². The van der Waals surface area contributed by atoms with Crippen LogP contribution < -0.4 is 5.73 Å². The normalized spacial score (nSPS) is 36.1. The van der Waals surface area contributed by atoms with Gasteiger partial charge in [0, 0.05) is 12.3 Å². The summed E-state index contributed by atoms with van der Waals surface area (Å²) in [6.07, 6.45) is -7.08. The summed E-state index contributed by atoms with van der Waals surface area (Å²) in [4.78, 5) is 0. The average Bonchev–Trinajstić information content (AvgIpc) is 2.84. The Labute approximate surface area is 123 Å². The number of rotatable bonds is 3. The zero-order valence-electron chi connectivity index (χ0n) is 11.4. The molecule has 0 aromatic carbocycles. The molecule has 124 valence electrons. The van der Waals surface area contributed by atoms with Gasteiger partial charge in [0.15, 0.2) is 0 Å². The molecule has 1 saturated heterocycles. The van der Waals surface area contributed by atoms with E-state index >= 15 is 0 Å². The molecule has 0 spiro atoms. The minimum absolute atomic E-state index is 0.0211. The summed E-state index contributed by atoms with van der Waals surface area (Å²) in [5.41, 5.74) is 5.50. The fourth-order valence-electron chi connectivity index (χ4n) is 2.55. The van der Waals surface area contributed by atoms with Crippen LogP contribution in [0.3, 0.4) is 0 Å². The first kappa shape index (κ1) is 15.6. The number of ether oxygens (including phenoxy) is 2. The highest BCUT2D eigenvalue weighted by molar-refractivity contribution is 5.02. The van der Waals surface area contributed by atoms with Crippen LogP contribution in [-0.4, -0.2) is 41.5 Å². The fraction of sp³-hybridized carbons (Fsp3) is 0.833. The quantitative estimate of drug-likeness (QED) is 0.856. The molecule has 0 radical (unpaired) electrons. The highest BCUT2D eigenvalue weighted by Crippen LogP contribution is 2.41. The zero-order chi connectivity index (χ0) is 15.9. The maximum absolute atomic E-state index is 13.5. The SMILES string of the molecule is N[C@H]1CO[C@H](c2nnc(C3CC(OC(F)(F)F)C3)o2)C[C@@H]1F. The van der Waals surface area contributed by atoms with Crippen molar-refractivity contribution < 1.29 is 31.5 Å². The van der Waals surface area contributed by atoms with Crippen molar-refractivity contribution in [3.05, 3.63) is 11.8 Å². The number of nitrogens with zero attached hydrogens (tertiary/aromatic N) is 2. The largest absolute Gasteiger partial charge is 0.522 e. The molecule has 1 aromatic rings. The molecule has 22 heavy (non-hydrogen) atoms. The number of aromatic nitrogens is 2. The van der Waals surface area contributed by atoms with Crippen LogP contribution in [0.5, 0.6) is 0 Å². The molecular weight excluding hydrogens is 310 g/mol. The van der Waals surface area contributed by atoms with Crippen LogP contribution in [0.15, 0.2) is 4.42 Å². The van der Waals surface area contributed by atoms with Crippen LogP contribution >= 0.6 is 0 Å². The van der Waals surface area contributed by atoms with Gasteiger partial charge < -0.3 is 14.9 Å². The van der Waals surface area contributed by atoms with Crippen molar-refractivity contribution in [2.45, 2.75) is 56.0 Å². The molecule has 2 heterocycles. The Kier molecular flexibility index (Phi) is 4.08. The van der Waals surface area contributed by atoms with Crippen molar-refractivity contribution in [3.8, 4) is 0 Å². The minimum Gasteiger partial charge on any atom is -0.422 e. The Hall–Kier alpha value is -1.26. The lowest BCUT2D eigenvalue weighted by molar-refractivity contribution is -0.352. The number of hydrogen-bond donors (Lipinski definition) is 1. The summed E-state index contributed by atoms with van der Waals surface area (Å²) in [5, 5.41) is 7.59. The molecule has 1 aliphatic carbocycles. The second-order valence-corrected chi connectivity index (χ2v) is 5.57. The van der Waals surface area contributed by atoms with Crippen molar-refractivity contribution in [1.29, 1.82) is 0 Å². The molecule has 0 amide bonds. The molecule has 3 atom stereocenters. The molecule has 1 saturated carbocycles. The smallest absolute Gasteiger partial charge is 0.422 e. The van der Waals surface area contributed by atoms with E-state index in [9.17, 15) is 17.6 Å². The average molecular weight is 325 g/mol. The molecular formula is C12H15F4N3O3. The van der Waals surface area contributed by atoms with E-state index in [2.05, 4.69) is 14.9 Å². The zero-order valence-corrected chi connectivity index (χ0v) is 11.4. The Morgan fingerprint density at radius 2 is 1.82 bits per heavy atom. The number of alkyl halides is 4. The van der Waals surface area contributed by atoms with Crippen molar-refractivity contribution >= 4 is 0 Å². The van der Waals surface area contributed by atoms with Crippen LogP contribution in [0.25, 0.3) is 0 Å². The predicted octanol–water partition coefficient (Wildman–Crippen LogP) is 1.98. The van der Waals surface area contributed by atoms with Gasteiger partial charge in [0.05, 0.1) is 18.8 Å². The Morgan fingerprint density at radius 1 is 1.14 bits per heavy atom. The molecule has 0 unspecified atom stereocenters. The van der Waals surface area contributed by atoms with Gasteiger partial charge in [0.1, 0.15) is 12.3 Å². The predicted molar refractivity (Wildman–Crippen MR) is 63.4 cm³/mol. The topological polar surface area (TPSA) is 83.4 Å². The van der Waals surface area contributed by atoms with E-state index < -0.39 is 30.8 Å². The van der Waals surface area contributed by atoms with Gasteiger partial charge >= 0.3 is 6.36 Å². The maximum Gasteiger partial charge on any atom is 0.522 e. The number of nitrogens with two attached hydrogens (primary N) is 1. The Bertz CT molecular complexity index is 518. The van der Waals surface area contributed by atoms with Crippen LogP contribution in [0.4, 0.5) is 17.6 Å². The van der Waals surface area contributed by atoms with Gasteiger partial charge in [0.2, 0.25) is 11.8 Å². The first-order valence-corrected chi connectivity index (χ1v) is 6.91. The lowest BCUT2D eigenvalue weighted by Crippen LogP contribution is -2.42. The highest BCUT2D eigenvalue weighted by Gasteiger charge is 2.43. The van der Waals surface area contributed by atoms with E-state index in [1.54, 1.807) is 0 Å². The lowest BCUT2D eigenvalue weighted by atomic mass is 9.82. The number of hydrogen-bond acceptors (Lipinski definition) is 6. The Balaban J connectivity index is 1.55. The third-order valence-electron chi connectivity index (χ3n) is 3.87. The van der Waals surface area contributed by atoms with Crippen molar-refractivity contribution in [1.82, 2.24) is 10.2 Å². The maximum atomic E-state index is 13.5. The van der Waals surface area contributed by atoms with Gasteiger partial charge in [-0.05, 0) is 12.8 Å². The van der Waals surface area contributed by atoms with Gasteiger partial charge in [-0.2, -0.15) is 0 Å². The molecule has 2 N–H and O–H groups in total. The van der Waals surface area contributed by atoms with E-state index in [1.807, 2.05) is 0 Å². The molecule has 6 nitrogen and oxygen atoms in total. The second kappa shape index (κ2) is 5.74. The molecule has 0 bridgehead atoms. The van der Waals surface area contributed by atoms with E-state index in [1.165, 1.54) is 0 Å². The standard InChI is InChI=1S/C12H15F4N3O3/c13-7-3-9(20-4-8(7)17)11-19-18-10(21-11)5-1-6(2-5)22-12(14,15)16/h5-9H,1-4,17H2/t5?,6?,7-,8-,9-/m0/s1. The summed E-state index contributed by atoms with van der Waals surface area (Å²) >= 11 is 0. The first-order valence-electron chi connectivity index (χ1n) is 6.91. The minimum atomic E-state index is -4.64. The van der Waals surface area contributed by atoms with Gasteiger partial charge in [0.25, 0.3) is 0 Å². The summed E-state index contributed by atoms with van der Waals surface area (Å²) in [5.74, 6) is 0.0799. The van der Waals surface area contributed by atoms with Crippen LogP contribution in [0, 0.1) is 0 Å². The molecule has 2 aliphatic rings. The molecule has 2 fully saturated rings. The Morgan fingerprint density at radius 3 is 2.45 bits per heavy atom. The van der Waals surface area contributed by atoms with Gasteiger partial charge in [-0.3, -0.25) is 4.74 Å². The lowest BCUT2D eigenvalue weighted by Gasteiger charge is -2.33. The highest BCUT2D eigenvalue weighted by atomic mass is 19.4. The molecule has 10 heteroatoms. The van der Waals surface area contributed by atoms with E-state index in [0.29, 0.717) is 0 Å². The van der Waals surface area contributed by atoms with Gasteiger partial charge in [-0.25, -0.2) is 4.39 Å². The van der Waals surface area contributed by atoms with Gasteiger partial charge in [-0.1, -0.05) is 0 Å². The third kappa shape index (κ3) is 3.39. The van der Waals surface area contributed by atoms with E-state index in [-0.39, 0.29) is 43.6 Å². The number of halogens is 4. The van der Waals surface area contributed by atoms with E-state index in [4.69, 9.17) is 14.9 Å². The molecule has 1 aliphatic heterocycles. The van der Waals surface area contributed by atoms with Crippen LogP contribution in [0.2, 0.25) is 0 Å². The van der Waals surface area contributed by atoms with Crippen molar-refractivity contribution in [2.75, 3.05) is 6.61 Å². The summed E-state index contributed by atoms with van der Waals surface area (Å²) in [6.45, 7) is 0.0501. The first-order chi connectivity index (χ1) is 10.3. The van der Waals surface area contributed by atoms with Gasteiger partial charge in [-0.15, -0.1) is 23.4 Å². The summed E-state index contributed by atoms with van der Waals surface area (Å²) in [6, 6.07) is -0.675. The van der Waals surface area contributed by atoms with Crippen LogP contribution in [0.1, 0.15) is 43.1 Å². The fourth-order valence-corrected chi connectivity index (χ4v) is 2.55. The van der Waals surface area contributed by atoms with E-state index in [0.717, 1.165) is 0 Å². The van der Waals surface area contributed by atoms with Crippen LogP contribution in [-0.2, 0) is 9.47 Å². The third-order valence-corrected chi connectivity index (χ3v) is 3.87. The van der Waals surface area contributed by atoms with Crippen molar-refractivity contribution in [3.63, 3.8) is 0 Å². The molecule has 1 aromatic heterocycles. The second-order valence-electron chi connectivity index (χ2n) is 5.57. The summed E-state index contributed by atoms with van der Waals surface area (Å²) < 4.78 is 64.3. The molecule has 3 rings (SSSR count). The summed E-state index contributed by atoms with van der Waals surface area (Å²) in [7, 11) is 0.